The van der Waals surface area contributed by atoms with E-state index in [0.29, 0.717) is 13.1 Å². The van der Waals surface area contributed by atoms with Gasteiger partial charge in [0.25, 0.3) is 0 Å². The summed E-state index contributed by atoms with van der Waals surface area (Å²) in [6.07, 6.45) is 1.61. The Morgan fingerprint density at radius 1 is 1.05 bits per heavy atom. The predicted molar refractivity (Wildman–Crippen MR) is 84.1 cm³/mol. The van der Waals surface area contributed by atoms with Gasteiger partial charge in [0.05, 0.1) is 0 Å². The lowest BCUT2D eigenvalue weighted by Crippen LogP contribution is -2.32. The molecular weight excluding hydrogens is 280 g/mol. The molecule has 1 fully saturated rings. The van der Waals surface area contributed by atoms with Crippen molar-refractivity contribution in [3.8, 4) is 0 Å². The van der Waals surface area contributed by atoms with Crippen LogP contribution in [0.3, 0.4) is 0 Å². The Morgan fingerprint density at radius 3 is 2.00 bits per heavy atom. The molecule has 120 valence electrons. The second-order valence-electron chi connectivity index (χ2n) is 6.66. The number of alkyl carbamates (subject to hydrolysis) is 1. The molecule has 0 spiro atoms. The van der Waals surface area contributed by atoms with E-state index in [0.717, 1.165) is 24.0 Å². The number of nitrogens with one attached hydrogen (secondary N) is 2. The van der Waals surface area contributed by atoms with Crippen molar-refractivity contribution in [2.75, 3.05) is 0 Å². The molecule has 1 aliphatic carbocycles. The van der Waals surface area contributed by atoms with E-state index < -0.39 is 11.7 Å². The van der Waals surface area contributed by atoms with Crippen LogP contribution in [0.5, 0.6) is 0 Å². The van der Waals surface area contributed by atoms with Gasteiger partial charge in [-0.25, -0.2) is 4.79 Å². The van der Waals surface area contributed by atoms with E-state index in [-0.39, 0.29) is 11.8 Å². The monoisotopic (exact) mass is 304 g/mol. The van der Waals surface area contributed by atoms with E-state index in [2.05, 4.69) is 10.6 Å². The van der Waals surface area contributed by atoms with Gasteiger partial charge in [0.1, 0.15) is 5.60 Å². The molecule has 0 saturated heterocycles. The molecule has 0 unspecified atom stereocenters. The third-order valence-electron chi connectivity index (χ3n) is 3.27. The van der Waals surface area contributed by atoms with E-state index in [1.807, 2.05) is 45.0 Å². The van der Waals surface area contributed by atoms with Crippen molar-refractivity contribution < 1.29 is 14.3 Å². The maximum Gasteiger partial charge on any atom is 0.407 e. The Hall–Kier alpha value is -2.04. The highest BCUT2D eigenvalue weighted by Crippen LogP contribution is 2.28. The van der Waals surface area contributed by atoms with Crippen LogP contribution in [-0.4, -0.2) is 17.6 Å². The largest absolute Gasteiger partial charge is 0.444 e. The number of hydrogen-bond donors (Lipinski definition) is 2. The average Bonchev–Trinajstić information content (AvgIpc) is 3.26. The molecule has 0 aromatic heterocycles. The van der Waals surface area contributed by atoms with Gasteiger partial charge >= 0.3 is 6.09 Å². The number of hydrogen-bond acceptors (Lipinski definition) is 3. The zero-order valence-corrected chi connectivity index (χ0v) is 13.4. The first-order valence-electron chi connectivity index (χ1n) is 7.66. The first-order chi connectivity index (χ1) is 10.3. The molecule has 1 aromatic rings. The second kappa shape index (κ2) is 6.81. The van der Waals surface area contributed by atoms with E-state index in [4.69, 9.17) is 4.74 Å². The van der Waals surface area contributed by atoms with Crippen LogP contribution in [-0.2, 0) is 22.6 Å². The molecule has 0 bridgehead atoms. The third-order valence-corrected chi connectivity index (χ3v) is 3.27. The van der Waals surface area contributed by atoms with Gasteiger partial charge in [0.2, 0.25) is 5.91 Å². The van der Waals surface area contributed by atoms with Crippen molar-refractivity contribution in [3.05, 3.63) is 35.4 Å². The van der Waals surface area contributed by atoms with Crippen LogP contribution in [0.2, 0.25) is 0 Å². The quantitative estimate of drug-likeness (QED) is 0.879. The molecule has 0 heterocycles. The second-order valence-corrected chi connectivity index (χ2v) is 6.66. The van der Waals surface area contributed by atoms with Gasteiger partial charge in [0, 0.05) is 19.0 Å². The molecule has 1 saturated carbocycles. The molecule has 0 radical (unpaired) electrons. The van der Waals surface area contributed by atoms with Gasteiger partial charge in [0.15, 0.2) is 0 Å². The van der Waals surface area contributed by atoms with Gasteiger partial charge < -0.3 is 15.4 Å². The maximum absolute atomic E-state index is 11.6. The van der Waals surface area contributed by atoms with Crippen LogP contribution >= 0.6 is 0 Å². The minimum Gasteiger partial charge on any atom is -0.444 e. The van der Waals surface area contributed by atoms with Crippen LogP contribution in [0.25, 0.3) is 0 Å². The summed E-state index contributed by atoms with van der Waals surface area (Å²) in [7, 11) is 0. The Morgan fingerprint density at radius 2 is 1.55 bits per heavy atom. The molecule has 0 atom stereocenters. The lowest BCUT2D eigenvalue weighted by atomic mass is 10.1. The van der Waals surface area contributed by atoms with E-state index in [1.165, 1.54) is 0 Å². The van der Waals surface area contributed by atoms with Crippen LogP contribution in [0.15, 0.2) is 24.3 Å². The molecule has 22 heavy (non-hydrogen) atoms. The van der Waals surface area contributed by atoms with E-state index in [1.54, 1.807) is 0 Å². The van der Waals surface area contributed by atoms with Gasteiger partial charge in [-0.2, -0.15) is 0 Å². The average molecular weight is 304 g/mol. The fourth-order valence-electron chi connectivity index (χ4n) is 1.94. The summed E-state index contributed by atoms with van der Waals surface area (Å²) in [5.74, 6) is 0.382. The molecule has 1 aliphatic rings. The highest BCUT2D eigenvalue weighted by Gasteiger charge is 2.29. The van der Waals surface area contributed by atoms with E-state index in [9.17, 15) is 9.59 Å². The first kappa shape index (κ1) is 16.3. The number of amides is 2. The summed E-state index contributed by atoms with van der Waals surface area (Å²) in [5.41, 5.74) is 1.55. The number of carbonyl (C=O) groups is 2. The molecule has 2 N–H and O–H groups in total. The van der Waals surface area contributed by atoms with Crippen molar-refractivity contribution in [1.29, 1.82) is 0 Å². The molecule has 2 rings (SSSR count). The minimum absolute atomic E-state index is 0.149. The molecule has 1 aromatic carbocycles. The van der Waals surface area contributed by atoms with Crippen molar-refractivity contribution in [1.82, 2.24) is 10.6 Å². The fraction of sp³-hybridized carbons (Fsp3) is 0.529. The standard InChI is InChI=1S/C17H24N2O3/c1-17(2,3)22-16(21)19-11-13-6-4-12(5-7-13)10-18-15(20)14-8-9-14/h4-7,14H,8-11H2,1-3H3,(H,18,20)(H,19,21). The van der Waals surface area contributed by atoms with Crippen molar-refractivity contribution in [2.24, 2.45) is 5.92 Å². The molecule has 0 aliphatic heterocycles. The van der Waals surface area contributed by atoms with E-state index >= 15 is 0 Å². The lowest BCUT2D eigenvalue weighted by molar-refractivity contribution is -0.122. The smallest absolute Gasteiger partial charge is 0.407 e. The van der Waals surface area contributed by atoms with Gasteiger partial charge in [-0.05, 0) is 44.7 Å². The number of benzene rings is 1. The fourth-order valence-corrected chi connectivity index (χ4v) is 1.94. The summed E-state index contributed by atoms with van der Waals surface area (Å²) in [5, 5.41) is 5.65. The molecular formula is C17H24N2O3. The normalized spacial score (nSPS) is 14.3. The van der Waals surface area contributed by atoms with Gasteiger partial charge in [-0.1, -0.05) is 24.3 Å². The van der Waals surface area contributed by atoms with Crippen molar-refractivity contribution in [3.63, 3.8) is 0 Å². The highest BCUT2D eigenvalue weighted by molar-refractivity contribution is 5.80. The zero-order chi connectivity index (χ0) is 16.2. The van der Waals surface area contributed by atoms with Crippen molar-refractivity contribution >= 4 is 12.0 Å². The number of ether oxygens (including phenoxy) is 1. The molecule has 5 nitrogen and oxygen atoms in total. The molecule has 2 amide bonds. The minimum atomic E-state index is -0.492. The maximum atomic E-state index is 11.6. The van der Waals surface area contributed by atoms with Gasteiger partial charge in [-0.15, -0.1) is 0 Å². The SMILES string of the molecule is CC(C)(C)OC(=O)NCc1ccc(CNC(=O)C2CC2)cc1. The van der Waals surface area contributed by atoms with Crippen LogP contribution in [0.1, 0.15) is 44.7 Å². The third kappa shape index (κ3) is 5.76. The predicted octanol–water partition coefficient (Wildman–Crippen LogP) is 2.74. The van der Waals surface area contributed by atoms with Crippen LogP contribution in [0.4, 0.5) is 4.79 Å². The summed E-state index contributed by atoms with van der Waals surface area (Å²) in [6, 6.07) is 7.80. The topological polar surface area (TPSA) is 67.4 Å². The van der Waals surface area contributed by atoms with Crippen LogP contribution < -0.4 is 10.6 Å². The first-order valence-corrected chi connectivity index (χ1v) is 7.66. The summed E-state index contributed by atoms with van der Waals surface area (Å²) in [4.78, 5) is 23.1. The Balaban J connectivity index is 1.74. The Kier molecular flexibility index (Phi) is 5.06. The highest BCUT2D eigenvalue weighted by atomic mass is 16.6. The summed E-state index contributed by atoms with van der Waals surface area (Å²) >= 11 is 0. The number of carbonyl (C=O) groups excluding carboxylic acids is 2. The summed E-state index contributed by atoms with van der Waals surface area (Å²) in [6.45, 7) is 6.46. The lowest BCUT2D eigenvalue weighted by Gasteiger charge is -2.19. The zero-order valence-electron chi connectivity index (χ0n) is 13.4. The molecule has 5 heteroatoms. The Labute approximate surface area is 131 Å². The van der Waals surface area contributed by atoms with Crippen LogP contribution in [0, 0.1) is 5.92 Å². The number of rotatable bonds is 5. The van der Waals surface area contributed by atoms with Crippen molar-refractivity contribution in [2.45, 2.75) is 52.3 Å². The summed E-state index contributed by atoms with van der Waals surface area (Å²) < 4.78 is 5.18. The Bertz CT molecular complexity index is 528. The van der Waals surface area contributed by atoms with Gasteiger partial charge in [-0.3, -0.25) is 4.79 Å².